The normalized spacial score (nSPS) is 27.8. The maximum absolute atomic E-state index is 12.4. The van der Waals surface area contributed by atoms with E-state index in [0.717, 1.165) is 39.1 Å². The number of amides is 1. The lowest BCUT2D eigenvalue weighted by Gasteiger charge is -2.16. The molecule has 22 heavy (non-hydrogen) atoms. The van der Waals surface area contributed by atoms with Crippen molar-refractivity contribution in [2.24, 2.45) is 5.92 Å². The molecule has 3 atom stereocenters. The molecule has 1 N–H and O–H groups in total. The average molecular weight is 302 g/mol. The Bertz CT molecular complexity index is 532. The van der Waals surface area contributed by atoms with Crippen molar-refractivity contribution in [3.05, 3.63) is 35.4 Å². The van der Waals surface area contributed by atoms with Crippen LogP contribution in [-0.4, -0.2) is 50.2 Å². The highest BCUT2D eigenvalue weighted by Crippen LogP contribution is 2.48. The van der Waals surface area contributed by atoms with Crippen molar-refractivity contribution >= 4 is 5.91 Å². The van der Waals surface area contributed by atoms with Crippen LogP contribution < -0.4 is 5.32 Å². The first-order chi connectivity index (χ1) is 10.7. The van der Waals surface area contributed by atoms with Gasteiger partial charge in [0, 0.05) is 38.7 Å². The molecule has 1 aliphatic carbocycles. The number of benzene rings is 1. The van der Waals surface area contributed by atoms with Gasteiger partial charge in [0.1, 0.15) is 0 Å². The van der Waals surface area contributed by atoms with Gasteiger partial charge in [0.25, 0.3) is 0 Å². The number of rotatable bonds is 6. The molecule has 1 aromatic rings. The van der Waals surface area contributed by atoms with Gasteiger partial charge < -0.3 is 10.1 Å². The van der Waals surface area contributed by atoms with Gasteiger partial charge in [-0.2, -0.15) is 0 Å². The van der Waals surface area contributed by atoms with E-state index in [2.05, 4.69) is 41.4 Å². The van der Waals surface area contributed by atoms with Crippen LogP contribution in [0.4, 0.5) is 0 Å². The zero-order valence-corrected chi connectivity index (χ0v) is 13.5. The van der Waals surface area contributed by atoms with Crippen molar-refractivity contribution in [1.29, 1.82) is 0 Å². The van der Waals surface area contributed by atoms with Gasteiger partial charge in [0.2, 0.25) is 5.91 Å². The van der Waals surface area contributed by atoms with E-state index in [1.807, 2.05) is 0 Å². The predicted molar refractivity (Wildman–Crippen MR) is 86.9 cm³/mol. The van der Waals surface area contributed by atoms with Crippen LogP contribution in [0.25, 0.3) is 0 Å². The number of nitrogens with one attached hydrogen (secondary N) is 1. The van der Waals surface area contributed by atoms with Crippen LogP contribution in [0.5, 0.6) is 0 Å². The van der Waals surface area contributed by atoms with E-state index in [1.165, 1.54) is 11.1 Å². The van der Waals surface area contributed by atoms with E-state index < -0.39 is 0 Å². The van der Waals surface area contributed by atoms with E-state index in [4.69, 9.17) is 4.74 Å². The Hall–Kier alpha value is -1.39. The standard InChI is InChI=1S/C18H26N2O2/c1-13-5-3-4-6-15(13)16-11-17(16)18(21)19-14-7-8-20(12-14)9-10-22-2/h3-6,14,16-17H,7-12H2,1-2H3,(H,19,21)/t14-,16+,17+/m1/s1. The number of likely N-dealkylation sites (tertiary alicyclic amines) is 1. The summed E-state index contributed by atoms with van der Waals surface area (Å²) in [6.45, 7) is 5.86. The zero-order valence-electron chi connectivity index (χ0n) is 13.5. The lowest BCUT2D eigenvalue weighted by Crippen LogP contribution is -2.38. The zero-order chi connectivity index (χ0) is 15.5. The molecule has 2 fully saturated rings. The minimum absolute atomic E-state index is 0.175. The summed E-state index contributed by atoms with van der Waals surface area (Å²) in [4.78, 5) is 14.8. The quantitative estimate of drug-likeness (QED) is 0.873. The van der Waals surface area contributed by atoms with E-state index in [-0.39, 0.29) is 11.8 Å². The molecule has 2 aliphatic rings. The number of hydrogen-bond donors (Lipinski definition) is 1. The molecule has 0 aromatic heterocycles. The third-order valence-corrected chi connectivity index (χ3v) is 4.95. The first-order valence-corrected chi connectivity index (χ1v) is 8.26. The Balaban J connectivity index is 1.47. The molecule has 3 rings (SSSR count). The van der Waals surface area contributed by atoms with Crippen LogP contribution in [0, 0.1) is 12.8 Å². The molecule has 0 spiro atoms. The first kappa shape index (κ1) is 15.5. The molecule has 4 nitrogen and oxygen atoms in total. The topological polar surface area (TPSA) is 41.6 Å². The van der Waals surface area contributed by atoms with Crippen LogP contribution in [0.1, 0.15) is 29.9 Å². The summed E-state index contributed by atoms with van der Waals surface area (Å²) in [5, 5.41) is 3.24. The fraction of sp³-hybridized carbons (Fsp3) is 0.611. The molecule has 1 amide bonds. The molecule has 0 unspecified atom stereocenters. The molecule has 1 saturated carbocycles. The Labute approximate surface area is 132 Å². The number of aryl methyl sites for hydroxylation is 1. The summed E-state index contributed by atoms with van der Waals surface area (Å²) < 4.78 is 5.11. The Morgan fingerprint density at radius 2 is 2.23 bits per heavy atom. The fourth-order valence-corrected chi connectivity index (χ4v) is 3.51. The molecule has 1 aliphatic heterocycles. The van der Waals surface area contributed by atoms with Gasteiger partial charge in [0.15, 0.2) is 0 Å². The smallest absolute Gasteiger partial charge is 0.224 e. The lowest BCUT2D eigenvalue weighted by molar-refractivity contribution is -0.123. The number of ether oxygens (including phenoxy) is 1. The minimum Gasteiger partial charge on any atom is -0.383 e. The number of carbonyl (C=O) groups is 1. The van der Waals surface area contributed by atoms with Crippen molar-refractivity contribution in [3.8, 4) is 0 Å². The van der Waals surface area contributed by atoms with Crippen LogP contribution in [0.15, 0.2) is 24.3 Å². The Morgan fingerprint density at radius 3 is 3.00 bits per heavy atom. The van der Waals surface area contributed by atoms with Crippen molar-refractivity contribution in [1.82, 2.24) is 10.2 Å². The van der Waals surface area contributed by atoms with E-state index in [0.29, 0.717) is 12.0 Å². The average Bonchev–Trinajstić information content (AvgIpc) is 3.19. The molecule has 0 radical (unpaired) electrons. The third kappa shape index (κ3) is 3.50. The van der Waals surface area contributed by atoms with Crippen LogP contribution in [-0.2, 0) is 9.53 Å². The van der Waals surface area contributed by atoms with Crippen molar-refractivity contribution in [2.45, 2.75) is 31.7 Å². The summed E-state index contributed by atoms with van der Waals surface area (Å²) >= 11 is 0. The van der Waals surface area contributed by atoms with Crippen LogP contribution >= 0.6 is 0 Å². The maximum atomic E-state index is 12.4. The second kappa shape index (κ2) is 6.80. The summed E-state index contributed by atoms with van der Waals surface area (Å²) in [7, 11) is 1.73. The van der Waals surface area contributed by atoms with Crippen molar-refractivity contribution in [3.63, 3.8) is 0 Å². The monoisotopic (exact) mass is 302 g/mol. The van der Waals surface area contributed by atoms with Crippen molar-refractivity contribution < 1.29 is 9.53 Å². The maximum Gasteiger partial charge on any atom is 0.224 e. The van der Waals surface area contributed by atoms with Gasteiger partial charge in [-0.1, -0.05) is 24.3 Å². The summed E-state index contributed by atoms with van der Waals surface area (Å²) in [5.74, 6) is 0.841. The summed E-state index contributed by atoms with van der Waals surface area (Å²) in [5.41, 5.74) is 2.64. The third-order valence-electron chi connectivity index (χ3n) is 4.95. The van der Waals surface area contributed by atoms with E-state index in [1.54, 1.807) is 7.11 Å². The van der Waals surface area contributed by atoms with Gasteiger partial charge in [-0.3, -0.25) is 9.69 Å². The second-order valence-corrected chi connectivity index (χ2v) is 6.59. The van der Waals surface area contributed by atoms with Gasteiger partial charge in [0.05, 0.1) is 6.61 Å². The molecular weight excluding hydrogens is 276 g/mol. The molecule has 1 aromatic carbocycles. The van der Waals surface area contributed by atoms with Gasteiger partial charge in [-0.25, -0.2) is 0 Å². The summed E-state index contributed by atoms with van der Waals surface area (Å²) in [6.07, 6.45) is 2.05. The molecule has 1 saturated heterocycles. The molecule has 4 heteroatoms. The lowest BCUT2D eigenvalue weighted by atomic mass is 10.0. The highest BCUT2D eigenvalue weighted by atomic mass is 16.5. The molecular formula is C18H26N2O2. The highest BCUT2D eigenvalue weighted by Gasteiger charge is 2.45. The molecule has 1 heterocycles. The SMILES string of the molecule is COCCN1CC[C@@H](NC(=O)[C@H]2C[C@H]2c2ccccc2C)C1. The van der Waals surface area contributed by atoms with Gasteiger partial charge in [-0.05, 0) is 36.8 Å². The minimum atomic E-state index is 0.175. The number of nitrogens with zero attached hydrogens (tertiary/aromatic N) is 1. The highest BCUT2D eigenvalue weighted by molar-refractivity contribution is 5.83. The first-order valence-electron chi connectivity index (χ1n) is 8.26. The second-order valence-electron chi connectivity index (χ2n) is 6.59. The van der Waals surface area contributed by atoms with Crippen molar-refractivity contribution in [2.75, 3.05) is 33.4 Å². The number of carbonyl (C=O) groups excluding carboxylic acids is 1. The molecule has 120 valence electrons. The number of hydrogen-bond acceptors (Lipinski definition) is 3. The predicted octanol–water partition coefficient (Wildman–Crippen LogP) is 1.94. The number of methoxy groups -OCH3 is 1. The van der Waals surface area contributed by atoms with Gasteiger partial charge in [-0.15, -0.1) is 0 Å². The molecule has 0 bridgehead atoms. The van der Waals surface area contributed by atoms with Crippen LogP contribution in [0.2, 0.25) is 0 Å². The fourth-order valence-electron chi connectivity index (χ4n) is 3.51. The largest absolute Gasteiger partial charge is 0.383 e. The Kier molecular flexibility index (Phi) is 4.79. The van der Waals surface area contributed by atoms with Crippen LogP contribution in [0.3, 0.4) is 0 Å². The summed E-state index contributed by atoms with van der Waals surface area (Å²) in [6, 6.07) is 8.73. The van der Waals surface area contributed by atoms with E-state index >= 15 is 0 Å². The van der Waals surface area contributed by atoms with Gasteiger partial charge >= 0.3 is 0 Å². The Morgan fingerprint density at radius 1 is 1.41 bits per heavy atom. The van der Waals surface area contributed by atoms with E-state index in [9.17, 15) is 4.79 Å².